The second-order valence-electron chi connectivity index (χ2n) is 3.08. The van der Waals surface area contributed by atoms with Crippen LogP contribution in [0.2, 0.25) is 0 Å². The third kappa shape index (κ3) is 4.94. The fourth-order valence-electron chi connectivity index (χ4n) is 1.19. The van der Waals surface area contributed by atoms with Crippen LogP contribution < -0.4 is 0 Å². The van der Waals surface area contributed by atoms with Crippen LogP contribution in [0.5, 0.6) is 0 Å². The number of benzene rings is 1. The molecule has 0 saturated carbocycles. The summed E-state index contributed by atoms with van der Waals surface area (Å²) in [6.45, 7) is 3.66. The number of hydrogen-bond donors (Lipinski definition) is 0. The molecule has 1 aromatic rings. The first-order chi connectivity index (χ1) is 7.13. The molecule has 0 aliphatic rings. The average Bonchev–Trinajstić information content (AvgIpc) is 2.30. The van der Waals surface area contributed by atoms with E-state index in [9.17, 15) is 4.57 Å². The summed E-state index contributed by atoms with van der Waals surface area (Å²) in [6.07, 6.45) is 2.05. The Bertz CT molecular complexity index is 367. The molecule has 0 heterocycles. The normalized spacial score (nSPS) is 10.6. The van der Waals surface area contributed by atoms with E-state index in [0.717, 1.165) is 11.1 Å². The standard InChI is InChI=1S/C11H15O3P.K/c1-4-10-5-7-11(8-6-10)9-15(12,13-2)14-3;/h4-8H,1,9H2,2-3H3;. The molecule has 0 aromatic heterocycles. The van der Waals surface area contributed by atoms with Crippen LogP contribution in [-0.4, -0.2) is 65.6 Å². The van der Waals surface area contributed by atoms with Gasteiger partial charge < -0.3 is 9.05 Å². The minimum Gasteiger partial charge on any atom is -0.312 e. The predicted molar refractivity (Wildman–Crippen MR) is 67.6 cm³/mol. The zero-order chi connectivity index (χ0) is 11.3. The van der Waals surface area contributed by atoms with E-state index in [1.54, 1.807) is 6.08 Å². The van der Waals surface area contributed by atoms with Crippen LogP contribution in [0.4, 0.5) is 0 Å². The molecule has 0 spiro atoms. The van der Waals surface area contributed by atoms with E-state index in [4.69, 9.17) is 9.05 Å². The summed E-state index contributed by atoms with van der Waals surface area (Å²) in [6, 6.07) is 7.61. The van der Waals surface area contributed by atoms with Crippen molar-refractivity contribution in [2.75, 3.05) is 14.2 Å². The van der Waals surface area contributed by atoms with E-state index < -0.39 is 7.60 Å². The van der Waals surface area contributed by atoms with Crippen molar-refractivity contribution >= 4 is 65.1 Å². The van der Waals surface area contributed by atoms with Crippen LogP contribution in [-0.2, 0) is 19.8 Å². The Kier molecular flexibility index (Phi) is 8.33. The first-order valence-electron chi connectivity index (χ1n) is 4.55. The van der Waals surface area contributed by atoms with Crippen molar-refractivity contribution in [1.82, 2.24) is 0 Å². The Morgan fingerprint density at radius 3 is 2.12 bits per heavy atom. The fraction of sp³-hybridized carbons (Fsp3) is 0.273. The third-order valence-corrected chi connectivity index (χ3v) is 4.01. The number of hydrogen-bond acceptors (Lipinski definition) is 3. The monoisotopic (exact) mass is 265 g/mol. The van der Waals surface area contributed by atoms with E-state index in [1.807, 2.05) is 24.3 Å². The van der Waals surface area contributed by atoms with Crippen molar-refractivity contribution in [3.8, 4) is 0 Å². The Balaban J connectivity index is 0.00000225. The molecule has 1 aromatic carbocycles. The van der Waals surface area contributed by atoms with Crippen LogP contribution in [0.25, 0.3) is 6.08 Å². The van der Waals surface area contributed by atoms with Gasteiger partial charge in [0.05, 0.1) is 6.16 Å². The summed E-state index contributed by atoms with van der Waals surface area (Å²) >= 11 is 0. The minimum absolute atomic E-state index is 0. The van der Waals surface area contributed by atoms with E-state index in [0.29, 0.717) is 0 Å². The van der Waals surface area contributed by atoms with Gasteiger partial charge in [0.15, 0.2) is 0 Å². The van der Waals surface area contributed by atoms with Crippen molar-refractivity contribution < 1.29 is 13.6 Å². The molecule has 0 N–H and O–H groups in total. The Hall–Kier alpha value is 0.746. The van der Waals surface area contributed by atoms with Gasteiger partial charge in [0.2, 0.25) is 0 Å². The zero-order valence-corrected chi connectivity index (χ0v) is 14.0. The van der Waals surface area contributed by atoms with Gasteiger partial charge in [0.1, 0.15) is 0 Å². The van der Waals surface area contributed by atoms with Gasteiger partial charge in [-0.3, -0.25) is 4.57 Å². The van der Waals surface area contributed by atoms with Crippen LogP contribution in [0.15, 0.2) is 30.8 Å². The molecule has 0 saturated heterocycles. The second kappa shape index (κ2) is 7.96. The minimum atomic E-state index is -2.95. The SMILES string of the molecule is C=Cc1ccc(CP(=O)(OC)OC)cc1.[K]. The molecule has 16 heavy (non-hydrogen) atoms. The fourth-order valence-corrected chi connectivity index (χ4v) is 2.25. The maximum absolute atomic E-state index is 11.8. The summed E-state index contributed by atoms with van der Waals surface area (Å²) in [5.41, 5.74) is 1.95. The molecule has 0 atom stereocenters. The van der Waals surface area contributed by atoms with Crippen LogP contribution in [0, 0.1) is 0 Å². The third-order valence-electron chi connectivity index (χ3n) is 2.15. The van der Waals surface area contributed by atoms with Gasteiger partial charge in [-0.05, 0) is 11.1 Å². The topological polar surface area (TPSA) is 35.5 Å². The Morgan fingerprint density at radius 1 is 1.25 bits per heavy atom. The smallest absolute Gasteiger partial charge is 0.312 e. The molecule has 0 aliphatic heterocycles. The van der Waals surface area contributed by atoms with Gasteiger partial charge in [0, 0.05) is 65.6 Å². The summed E-state index contributed by atoms with van der Waals surface area (Å²) in [7, 11) is -0.170. The van der Waals surface area contributed by atoms with E-state index in [-0.39, 0.29) is 57.5 Å². The summed E-state index contributed by atoms with van der Waals surface area (Å²) in [4.78, 5) is 0. The molecule has 0 fully saturated rings. The first kappa shape index (κ1) is 16.7. The average molecular weight is 265 g/mol. The quantitative estimate of drug-likeness (QED) is 0.606. The Labute approximate surface area is 139 Å². The molecule has 0 amide bonds. The Morgan fingerprint density at radius 2 is 1.75 bits per heavy atom. The molecular formula is C11H15KO3P. The molecule has 1 radical (unpaired) electrons. The number of rotatable bonds is 5. The largest absolute Gasteiger partial charge is 0.334 e. The van der Waals surface area contributed by atoms with Gasteiger partial charge in [-0.1, -0.05) is 36.9 Å². The van der Waals surface area contributed by atoms with Crippen LogP contribution in [0.1, 0.15) is 11.1 Å². The van der Waals surface area contributed by atoms with Crippen molar-refractivity contribution in [2.24, 2.45) is 0 Å². The first-order valence-corrected chi connectivity index (χ1v) is 6.28. The molecule has 83 valence electrons. The van der Waals surface area contributed by atoms with Gasteiger partial charge >= 0.3 is 7.60 Å². The van der Waals surface area contributed by atoms with Gasteiger partial charge in [0.25, 0.3) is 0 Å². The van der Waals surface area contributed by atoms with E-state index >= 15 is 0 Å². The molecule has 0 aliphatic carbocycles. The molecule has 0 bridgehead atoms. The maximum atomic E-state index is 11.8. The van der Waals surface area contributed by atoms with Gasteiger partial charge in [-0.15, -0.1) is 0 Å². The summed E-state index contributed by atoms with van der Waals surface area (Å²) in [5.74, 6) is 0. The second-order valence-corrected chi connectivity index (χ2v) is 5.35. The van der Waals surface area contributed by atoms with E-state index in [2.05, 4.69) is 6.58 Å². The molecule has 1 rings (SSSR count). The maximum Gasteiger partial charge on any atom is 0.334 e. The van der Waals surface area contributed by atoms with E-state index in [1.165, 1.54) is 14.2 Å². The van der Waals surface area contributed by atoms with Gasteiger partial charge in [-0.25, -0.2) is 0 Å². The summed E-state index contributed by atoms with van der Waals surface area (Å²) < 4.78 is 21.5. The zero-order valence-electron chi connectivity index (χ0n) is 9.97. The van der Waals surface area contributed by atoms with Crippen LogP contribution >= 0.6 is 7.60 Å². The van der Waals surface area contributed by atoms with Crippen molar-refractivity contribution in [3.05, 3.63) is 42.0 Å². The van der Waals surface area contributed by atoms with Crippen molar-refractivity contribution in [3.63, 3.8) is 0 Å². The molecule has 3 nitrogen and oxygen atoms in total. The van der Waals surface area contributed by atoms with Crippen molar-refractivity contribution in [1.29, 1.82) is 0 Å². The van der Waals surface area contributed by atoms with Crippen molar-refractivity contribution in [2.45, 2.75) is 6.16 Å². The molecule has 0 unspecified atom stereocenters. The molecule has 5 heteroatoms. The molecular weight excluding hydrogens is 250 g/mol. The van der Waals surface area contributed by atoms with Gasteiger partial charge in [-0.2, -0.15) is 0 Å². The predicted octanol–water partition coefficient (Wildman–Crippen LogP) is 2.93. The van der Waals surface area contributed by atoms with Crippen LogP contribution in [0.3, 0.4) is 0 Å². The summed E-state index contributed by atoms with van der Waals surface area (Å²) in [5, 5.41) is 0.